The highest BCUT2D eigenvalue weighted by Gasteiger charge is 2.34. The molecule has 2 fully saturated rings. The van der Waals surface area contributed by atoms with E-state index in [1.165, 1.54) is 4.90 Å². The standard InChI is InChI=1S/C13H23F3N2O2/c1-12(2)19-7-11(8-20-12)17-5-10-3-4-18(6-10)9-13(14,15)16/h10-11,17H,3-9H2,1-2H3. The van der Waals surface area contributed by atoms with Crippen molar-refractivity contribution in [3.8, 4) is 0 Å². The van der Waals surface area contributed by atoms with Crippen LogP contribution in [0.3, 0.4) is 0 Å². The number of ether oxygens (including phenoxy) is 2. The fourth-order valence-electron chi connectivity index (χ4n) is 2.62. The van der Waals surface area contributed by atoms with Gasteiger partial charge in [-0.05, 0) is 39.3 Å². The Hall–Kier alpha value is -0.370. The van der Waals surface area contributed by atoms with Crippen LogP contribution in [0.15, 0.2) is 0 Å². The fourth-order valence-corrected chi connectivity index (χ4v) is 2.62. The number of halogens is 3. The topological polar surface area (TPSA) is 33.7 Å². The lowest BCUT2D eigenvalue weighted by Crippen LogP contribution is -2.49. The van der Waals surface area contributed by atoms with Crippen molar-refractivity contribution in [2.45, 2.75) is 38.3 Å². The van der Waals surface area contributed by atoms with Gasteiger partial charge < -0.3 is 14.8 Å². The van der Waals surface area contributed by atoms with Gasteiger partial charge in [-0.1, -0.05) is 0 Å². The summed E-state index contributed by atoms with van der Waals surface area (Å²) in [6, 6.07) is 0.125. The quantitative estimate of drug-likeness (QED) is 0.854. The smallest absolute Gasteiger partial charge is 0.349 e. The molecule has 2 aliphatic rings. The lowest BCUT2D eigenvalue weighted by atomic mass is 10.1. The number of likely N-dealkylation sites (tertiary alicyclic amines) is 1. The van der Waals surface area contributed by atoms with E-state index in [9.17, 15) is 13.2 Å². The van der Waals surface area contributed by atoms with Gasteiger partial charge in [-0.15, -0.1) is 0 Å². The zero-order valence-corrected chi connectivity index (χ0v) is 12.0. The molecular formula is C13H23F3N2O2. The molecule has 1 unspecified atom stereocenters. The van der Waals surface area contributed by atoms with Gasteiger partial charge in [0.25, 0.3) is 0 Å². The Morgan fingerprint density at radius 2 is 1.90 bits per heavy atom. The van der Waals surface area contributed by atoms with Gasteiger partial charge in [-0.3, -0.25) is 4.90 Å². The second kappa shape index (κ2) is 6.17. The average Bonchev–Trinajstić information content (AvgIpc) is 2.73. The summed E-state index contributed by atoms with van der Waals surface area (Å²) >= 11 is 0. The van der Waals surface area contributed by atoms with Crippen LogP contribution in [0, 0.1) is 5.92 Å². The van der Waals surface area contributed by atoms with Gasteiger partial charge in [0, 0.05) is 6.54 Å². The minimum Gasteiger partial charge on any atom is -0.349 e. The van der Waals surface area contributed by atoms with Gasteiger partial charge in [-0.25, -0.2) is 0 Å². The van der Waals surface area contributed by atoms with E-state index in [1.54, 1.807) is 0 Å². The van der Waals surface area contributed by atoms with Crippen LogP contribution in [-0.2, 0) is 9.47 Å². The molecule has 0 radical (unpaired) electrons. The maximum absolute atomic E-state index is 12.3. The molecule has 0 spiro atoms. The van der Waals surface area contributed by atoms with E-state index in [0.717, 1.165) is 6.42 Å². The van der Waals surface area contributed by atoms with E-state index < -0.39 is 18.5 Å². The van der Waals surface area contributed by atoms with Gasteiger partial charge >= 0.3 is 6.18 Å². The zero-order valence-electron chi connectivity index (χ0n) is 12.0. The van der Waals surface area contributed by atoms with Crippen molar-refractivity contribution in [2.75, 3.05) is 39.4 Å². The summed E-state index contributed by atoms with van der Waals surface area (Å²) in [7, 11) is 0. The monoisotopic (exact) mass is 296 g/mol. The summed E-state index contributed by atoms with van der Waals surface area (Å²) in [4.78, 5) is 1.48. The van der Waals surface area contributed by atoms with E-state index in [-0.39, 0.29) is 12.0 Å². The van der Waals surface area contributed by atoms with Crippen molar-refractivity contribution in [1.82, 2.24) is 10.2 Å². The first-order valence-corrected chi connectivity index (χ1v) is 7.04. The predicted octanol–water partition coefficient (Wildman–Crippen LogP) is 1.61. The summed E-state index contributed by atoms with van der Waals surface area (Å²) < 4.78 is 48.0. The Balaban J connectivity index is 1.64. The van der Waals surface area contributed by atoms with Gasteiger partial charge in [0.1, 0.15) is 0 Å². The normalized spacial score (nSPS) is 28.9. The minimum absolute atomic E-state index is 0.125. The molecule has 20 heavy (non-hydrogen) atoms. The maximum Gasteiger partial charge on any atom is 0.401 e. The number of rotatable bonds is 4. The molecule has 2 rings (SSSR count). The predicted molar refractivity (Wildman–Crippen MR) is 68.4 cm³/mol. The molecule has 0 aromatic heterocycles. The molecule has 0 saturated carbocycles. The minimum atomic E-state index is -4.10. The SMILES string of the molecule is CC1(C)OCC(NCC2CCN(CC(F)(F)F)C2)CO1. The number of nitrogens with one attached hydrogen (secondary N) is 1. The summed E-state index contributed by atoms with van der Waals surface area (Å²) in [6.45, 7) is 5.84. The molecule has 118 valence electrons. The number of hydrogen-bond acceptors (Lipinski definition) is 4. The zero-order chi connectivity index (χ0) is 14.8. The summed E-state index contributed by atoms with van der Waals surface area (Å²) in [6.07, 6.45) is -3.29. The first kappa shape index (κ1) is 16.0. The Morgan fingerprint density at radius 3 is 2.50 bits per heavy atom. The molecular weight excluding hydrogens is 273 g/mol. The van der Waals surface area contributed by atoms with Crippen LogP contribution in [-0.4, -0.2) is 62.3 Å². The molecule has 7 heteroatoms. The van der Waals surface area contributed by atoms with E-state index in [1.807, 2.05) is 13.8 Å². The van der Waals surface area contributed by atoms with Gasteiger partial charge in [0.2, 0.25) is 0 Å². The van der Waals surface area contributed by atoms with Gasteiger partial charge in [0.15, 0.2) is 5.79 Å². The van der Waals surface area contributed by atoms with Crippen molar-refractivity contribution in [3.63, 3.8) is 0 Å². The molecule has 1 N–H and O–H groups in total. The summed E-state index contributed by atoms with van der Waals surface area (Å²) in [5.41, 5.74) is 0. The van der Waals surface area contributed by atoms with Crippen molar-refractivity contribution in [3.05, 3.63) is 0 Å². The highest BCUT2D eigenvalue weighted by Crippen LogP contribution is 2.23. The lowest BCUT2D eigenvalue weighted by Gasteiger charge is -2.35. The molecule has 0 aromatic rings. The van der Waals surface area contributed by atoms with E-state index in [4.69, 9.17) is 9.47 Å². The van der Waals surface area contributed by atoms with Crippen molar-refractivity contribution < 1.29 is 22.6 Å². The summed E-state index contributed by atoms with van der Waals surface area (Å²) in [5.74, 6) is -0.262. The maximum atomic E-state index is 12.3. The Bertz CT molecular complexity index is 313. The number of nitrogens with zero attached hydrogens (tertiary/aromatic N) is 1. The second-order valence-corrected chi connectivity index (χ2v) is 6.13. The average molecular weight is 296 g/mol. The van der Waals surface area contributed by atoms with Crippen molar-refractivity contribution in [1.29, 1.82) is 0 Å². The molecule has 4 nitrogen and oxygen atoms in total. The third-order valence-electron chi connectivity index (χ3n) is 3.73. The van der Waals surface area contributed by atoms with E-state index in [2.05, 4.69) is 5.32 Å². The van der Waals surface area contributed by atoms with Crippen LogP contribution in [0.1, 0.15) is 20.3 Å². The van der Waals surface area contributed by atoms with Crippen LogP contribution >= 0.6 is 0 Å². The molecule has 2 aliphatic heterocycles. The van der Waals surface area contributed by atoms with Crippen LogP contribution < -0.4 is 5.32 Å². The molecule has 0 aromatic carbocycles. The molecule has 0 amide bonds. The third-order valence-corrected chi connectivity index (χ3v) is 3.73. The van der Waals surface area contributed by atoms with E-state index >= 15 is 0 Å². The van der Waals surface area contributed by atoms with Crippen LogP contribution in [0.25, 0.3) is 0 Å². The highest BCUT2D eigenvalue weighted by atomic mass is 19.4. The molecule has 0 aliphatic carbocycles. The second-order valence-electron chi connectivity index (χ2n) is 6.13. The van der Waals surface area contributed by atoms with Gasteiger partial charge in [-0.2, -0.15) is 13.2 Å². The van der Waals surface area contributed by atoms with Crippen LogP contribution in [0.5, 0.6) is 0 Å². The van der Waals surface area contributed by atoms with Crippen molar-refractivity contribution >= 4 is 0 Å². The van der Waals surface area contributed by atoms with Crippen LogP contribution in [0.4, 0.5) is 13.2 Å². The molecule has 1 atom stereocenters. The third kappa shape index (κ3) is 5.20. The number of alkyl halides is 3. The molecule has 0 bridgehead atoms. The van der Waals surface area contributed by atoms with Crippen molar-refractivity contribution in [2.24, 2.45) is 5.92 Å². The Kier molecular flexibility index (Phi) is 4.94. The van der Waals surface area contributed by atoms with E-state index in [0.29, 0.717) is 32.8 Å². The Morgan fingerprint density at radius 1 is 1.25 bits per heavy atom. The van der Waals surface area contributed by atoms with Crippen LogP contribution in [0.2, 0.25) is 0 Å². The molecule has 2 heterocycles. The first-order chi connectivity index (χ1) is 9.23. The lowest BCUT2D eigenvalue weighted by molar-refractivity contribution is -0.253. The first-order valence-electron chi connectivity index (χ1n) is 7.04. The largest absolute Gasteiger partial charge is 0.401 e. The summed E-state index contributed by atoms with van der Waals surface area (Å²) in [5, 5.41) is 3.33. The number of hydrogen-bond donors (Lipinski definition) is 1. The van der Waals surface area contributed by atoms with Gasteiger partial charge in [0.05, 0.1) is 25.8 Å². The highest BCUT2D eigenvalue weighted by molar-refractivity contribution is 4.81. The Labute approximate surface area is 117 Å². The fraction of sp³-hybridized carbons (Fsp3) is 1.00. The molecule has 2 saturated heterocycles.